The van der Waals surface area contributed by atoms with Crippen molar-refractivity contribution < 1.29 is 0 Å². The number of hydrogen-bond acceptors (Lipinski definition) is 0. The normalized spacial score (nSPS) is 14.0. The summed E-state index contributed by atoms with van der Waals surface area (Å²) in [6, 6.07) is 50.2. The minimum atomic E-state index is -0.147. The van der Waals surface area contributed by atoms with Gasteiger partial charge in [-0.1, -0.05) is 135 Å². The standard InChI is InChI=1S/C43H28/c1-43(2)41-33-18-7-5-16-30(33)36(35-23-27-13-9-11-25-21-22-26-12-10-20-32(35)39(26)38(25)27)24-37(41)40-31-17-6-3-14-28(31)29-15-4-8-19-34(29)42(40)43/h3-24H,1-2H3. The van der Waals surface area contributed by atoms with Gasteiger partial charge in [0.1, 0.15) is 0 Å². The summed E-state index contributed by atoms with van der Waals surface area (Å²) >= 11 is 0. The fourth-order valence-electron chi connectivity index (χ4n) is 8.65. The first-order valence-electron chi connectivity index (χ1n) is 15.3. The zero-order valence-corrected chi connectivity index (χ0v) is 24.2. The van der Waals surface area contributed by atoms with Gasteiger partial charge >= 0.3 is 0 Å². The third kappa shape index (κ3) is 2.86. The molecule has 0 bridgehead atoms. The molecule has 0 heteroatoms. The van der Waals surface area contributed by atoms with Gasteiger partial charge in [-0.25, -0.2) is 0 Å². The number of benzene rings is 9. The third-order valence-electron chi connectivity index (χ3n) is 10.3. The Morgan fingerprint density at radius 2 is 0.860 bits per heavy atom. The molecule has 0 unspecified atom stereocenters. The van der Waals surface area contributed by atoms with Gasteiger partial charge < -0.3 is 0 Å². The Balaban J connectivity index is 1.42. The van der Waals surface area contributed by atoms with E-state index in [4.69, 9.17) is 0 Å². The molecule has 0 saturated carbocycles. The molecule has 0 aliphatic heterocycles. The molecular weight excluding hydrogens is 516 g/mol. The van der Waals surface area contributed by atoms with E-state index in [0.717, 1.165) is 0 Å². The van der Waals surface area contributed by atoms with Gasteiger partial charge in [0.25, 0.3) is 0 Å². The van der Waals surface area contributed by atoms with E-state index < -0.39 is 0 Å². The van der Waals surface area contributed by atoms with Gasteiger partial charge in [0.2, 0.25) is 0 Å². The van der Waals surface area contributed by atoms with Gasteiger partial charge in [0, 0.05) is 5.41 Å². The van der Waals surface area contributed by atoms with E-state index in [1.54, 1.807) is 0 Å². The summed E-state index contributed by atoms with van der Waals surface area (Å²) in [5.41, 5.74) is 8.15. The van der Waals surface area contributed by atoms with Crippen molar-refractivity contribution in [1.82, 2.24) is 0 Å². The van der Waals surface area contributed by atoms with Gasteiger partial charge in [-0.15, -0.1) is 0 Å². The summed E-state index contributed by atoms with van der Waals surface area (Å²) < 4.78 is 0. The van der Waals surface area contributed by atoms with Crippen LogP contribution < -0.4 is 0 Å². The van der Waals surface area contributed by atoms with Crippen molar-refractivity contribution in [2.24, 2.45) is 0 Å². The van der Waals surface area contributed by atoms with E-state index >= 15 is 0 Å². The van der Waals surface area contributed by atoms with Crippen LogP contribution in [-0.4, -0.2) is 0 Å². The predicted octanol–water partition coefficient (Wildman–Crippen LogP) is 12.0. The summed E-state index contributed by atoms with van der Waals surface area (Å²) in [5.74, 6) is 0. The Morgan fingerprint density at radius 1 is 0.349 bits per heavy atom. The van der Waals surface area contributed by atoms with Crippen LogP contribution in [0.3, 0.4) is 0 Å². The molecule has 0 atom stereocenters. The lowest BCUT2D eigenvalue weighted by Crippen LogP contribution is -2.16. The first-order valence-corrected chi connectivity index (χ1v) is 15.3. The zero-order valence-electron chi connectivity index (χ0n) is 24.2. The lowest BCUT2D eigenvalue weighted by atomic mass is 9.77. The molecule has 0 amide bonds. The number of fused-ring (bicyclic) bond motifs is 10. The SMILES string of the molecule is CC1(C)c2c(cc(-c3cc4cccc5ccc6cccc3c6c54)c3ccccc23)-c2c1c1ccccc1c1ccccc21. The average Bonchev–Trinajstić information content (AvgIpc) is 3.30. The Hall–Kier alpha value is -5.20. The molecule has 0 radical (unpaired) electrons. The van der Waals surface area contributed by atoms with E-state index in [-0.39, 0.29) is 5.41 Å². The Kier molecular flexibility index (Phi) is 4.35. The maximum Gasteiger partial charge on any atom is 0.0171 e. The summed E-state index contributed by atoms with van der Waals surface area (Å²) in [7, 11) is 0. The molecule has 200 valence electrons. The van der Waals surface area contributed by atoms with Crippen LogP contribution in [0, 0.1) is 0 Å². The van der Waals surface area contributed by atoms with Gasteiger partial charge in [0.15, 0.2) is 0 Å². The van der Waals surface area contributed by atoms with Crippen molar-refractivity contribution in [3.05, 3.63) is 145 Å². The molecular formula is C43H28. The molecule has 0 nitrogen and oxygen atoms in total. The van der Waals surface area contributed by atoms with Crippen LogP contribution in [0.4, 0.5) is 0 Å². The highest BCUT2D eigenvalue weighted by Gasteiger charge is 2.40. The molecule has 0 N–H and O–H groups in total. The highest BCUT2D eigenvalue weighted by atomic mass is 14.4. The summed E-state index contributed by atoms with van der Waals surface area (Å²) in [6.07, 6.45) is 0. The molecule has 10 rings (SSSR count). The molecule has 1 aliphatic carbocycles. The fraction of sp³-hybridized carbons (Fsp3) is 0.0698. The lowest BCUT2D eigenvalue weighted by Gasteiger charge is -2.26. The van der Waals surface area contributed by atoms with Crippen molar-refractivity contribution in [2.75, 3.05) is 0 Å². The fourth-order valence-corrected chi connectivity index (χ4v) is 8.65. The summed E-state index contributed by atoms with van der Waals surface area (Å²) in [4.78, 5) is 0. The molecule has 0 aromatic heterocycles. The van der Waals surface area contributed by atoms with Crippen LogP contribution in [-0.2, 0) is 5.41 Å². The average molecular weight is 545 g/mol. The van der Waals surface area contributed by atoms with Crippen LogP contribution in [0.1, 0.15) is 25.0 Å². The van der Waals surface area contributed by atoms with Crippen LogP contribution in [0.25, 0.3) is 86.9 Å². The lowest BCUT2D eigenvalue weighted by molar-refractivity contribution is 0.672. The predicted molar refractivity (Wildman–Crippen MR) is 186 cm³/mol. The topological polar surface area (TPSA) is 0 Å². The Bertz CT molecular complexity index is 2630. The molecule has 9 aromatic carbocycles. The van der Waals surface area contributed by atoms with Crippen LogP contribution in [0.5, 0.6) is 0 Å². The van der Waals surface area contributed by atoms with Gasteiger partial charge in [0.05, 0.1) is 0 Å². The number of rotatable bonds is 1. The Morgan fingerprint density at radius 3 is 1.60 bits per heavy atom. The second-order valence-corrected chi connectivity index (χ2v) is 12.8. The maximum absolute atomic E-state index is 2.53. The second kappa shape index (κ2) is 8.00. The quantitative estimate of drug-likeness (QED) is 0.180. The molecule has 0 heterocycles. The van der Waals surface area contributed by atoms with Crippen LogP contribution >= 0.6 is 0 Å². The largest absolute Gasteiger partial charge is 0.0616 e. The minimum absolute atomic E-state index is 0.147. The van der Waals surface area contributed by atoms with Crippen molar-refractivity contribution in [3.63, 3.8) is 0 Å². The van der Waals surface area contributed by atoms with Gasteiger partial charge in [-0.3, -0.25) is 0 Å². The zero-order chi connectivity index (χ0) is 28.4. The van der Waals surface area contributed by atoms with Crippen molar-refractivity contribution >= 4 is 64.6 Å². The highest BCUT2D eigenvalue weighted by molar-refractivity contribution is 6.28. The molecule has 43 heavy (non-hydrogen) atoms. The van der Waals surface area contributed by atoms with Crippen molar-refractivity contribution in [3.8, 4) is 22.3 Å². The first kappa shape index (κ1) is 23.4. The van der Waals surface area contributed by atoms with Crippen molar-refractivity contribution in [1.29, 1.82) is 0 Å². The maximum atomic E-state index is 2.53. The highest BCUT2D eigenvalue weighted by Crippen LogP contribution is 2.58. The van der Waals surface area contributed by atoms with E-state index in [1.165, 1.54) is 98.0 Å². The van der Waals surface area contributed by atoms with Gasteiger partial charge in [-0.2, -0.15) is 0 Å². The van der Waals surface area contributed by atoms with Crippen LogP contribution in [0.2, 0.25) is 0 Å². The number of hydrogen-bond donors (Lipinski definition) is 0. The third-order valence-corrected chi connectivity index (χ3v) is 10.3. The monoisotopic (exact) mass is 544 g/mol. The van der Waals surface area contributed by atoms with E-state index in [2.05, 4.69) is 147 Å². The van der Waals surface area contributed by atoms with E-state index in [1.807, 2.05) is 0 Å². The van der Waals surface area contributed by atoms with Crippen LogP contribution in [0.15, 0.2) is 133 Å². The summed E-state index contributed by atoms with van der Waals surface area (Å²) in [5, 5.41) is 16.0. The molecule has 0 saturated heterocycles. The van der Waals surface area contributed by atoms with E-state index in [0.29, 0.717) is 0 Å². The molecule has 9 aromatic rings. The molecule has 0 spiro atoms. The smallest absolute Gasteiger partial charge is 0.0171 e. The first-order chi connectivity index (χ1) is 21.1. The Labute approximate surface area is 250 Å². The van der Waals surface area contributed by atoms with Crippen molar-refractivity contribution in [2.45, 2.75) is 19.3 Å². The van der Waals surface area contributed by atoms with E-state index in [9.17, 15) is 0 Å². The molecule has 1 aliphatic rings. The summed E-state index contributed by atoms with van der Waals surface area (Å²) in [6.45, 7) is 4.87. The second-order valence-electron chi connectivity index (χ2n) is 12.8. The molecule has 0 fully saturated rings. The van der Waals surface area contributed by atoms with Gasteiger partial charge in [-0.05, 0) is 110 Å². The minimum Gasteiger partial charge on any atom is -0.0616 e.